The van der Waals surface area contributed by atoms with Crippen LogP contribution in [-0.4, -0.2) is 25.9 Å². The van der Waals surface area contributed by atoms with Crippen molar-refractivity contribution in [2.75, 3.05) is 5.32 Å². The van der Waals surface area contributed by atoms with Crippen molar-refractivity contribution in [1.29, 1.82) is 0 Å². The number of amides is 1. The van der Waals surface area contributed by atoms with Gasteiger partial charge in [-0.05, 0) is 12.1 Å². The number of aromatic nitrogens is 4. The van der Waals surface area contributed by atoms with Crippen LogP contribution in [0, 0.1) is 0 Å². The Hall–Kier alpha value is -2.54. The Morgan fingerprint density at radius 2 is 2.11 bits per heavy atom. The standard InChI is InChI=1S/C12H9N5OS/c18-11(15-12-16-13-8-19-12)9-6-14-17(7-9)10-4-2-1-3-5-10/h1-8H,(H,15,16,18). The second kappa shape index (κ2) is 4.99. The number of benzene rings is 1. The Morgan fingerprint density at radius 1 is 1.26 bits per heavy atom. The van der Waals surface area contributed by atoms with Gasteiger partial charge in [-0.25, -0.2) is 4.68 Å². The summed E-state index contributed by atoms with van der Waals surface area (Å²) in [6, 6.07) is 9.59. The molecule has 0 aliphatic heterocycles. The first-order valence-corrected chi connectivity index (χ1v) is 6.38. The Kier molecular flexibility index (Phi) is 3.03. The smallest absolute Gasteiger partial charge is 0.260 e. The van der Waals surface area contributed by atoms with E-state index in [-0.39, 0.29) is 5.91 Å². The Labute approximate surface area is 112 Å². The van der Waals surface area contributed by atoms with Gasteiger partial charge in [0.1, 0.15) is 5.51 Å². The van der Waals surface area contributed by atoms with E-state index in [1.165, 1.54) is 17.5 Å². The van der Waals surface area contributed by atoms with Crippen LogP contribution < -0.4 is 5.32 Å². The van der Waals surface area contributed by atoms with Crippen LogP contribution in [0.4, 0.5) is 5.13 Å². The molecule has 0 unspecified atom stereocenters. The summed E-state index contributed by atoms with van der Waals surface area (Å²) in [4.78, 5) is 11.9. The maximum absolute atomic E-state index is 11.9. The van der Waals surface area contributed by atoms with Gasteiger partial charge in [-0.15, -0.1) is 10.2 Å². The van der Waals surface area contributed by atoms with Crippen LogP contribution in [0.1, 0.15) is 10.4 Å². The van der Waals surface area contributed by atoms with Crippen molar-refractivity contribution in [3.63, 3.8) is 0 Å². The van der Waals surface area contributed by atoms with E-state index in [0.717, 1.165) is 5.69 Å². The van der Waals surface area contributed by atoms with Gasteiger partial charge in [-0.1, -0.05) is 29.5 Å². The number of rotatable bonds is 3. The van der Waals surface area contributed by atoms with E-state index >= 15 is 0 Å². The van der Waals surface area contributed by atoms with Gasteiger partial charge in [-0.2, -0.15) is 5.10 Å². The Morgan fingerprint density at radius 3 is 2.84 bits per heavy atom. The van der Waals surface area contributed by atoms with Crippen LogP contribution >= 0.6 is 11.3 Å². The Bertz CT molecular complexity index is 677. The molecule has 0 spiro atoms. The van der Waals surface area contributed by atoms with Crippen LogP contribution in [0.3, 0.4) is 0 Å². The van der Waals surface area contributed by atoms with Crippen LogP contribution in [-0.2, 0) is 0 Å². The minimum atomic E-state index is -0.251. The quantitative estimate of drug-likeness (QED) is 0.790. The number of anilines is 1. The van der Waals surface area contributed by atoms with Gasteiger partial charge in [0.05, 0.1) is 17.4 Å². The van der Waals surface area contributed by atoms with Gasteiger partial charge >= 0.3 is 0 Å². The van der Waals surface area contributed by atoms with E-state index in [1.807, 2.05) is 30.3 Å². The molecule has 3 aromatic rings. The number of nitrogens with one attached hydrogen (secondary N) is 1. The monoisotopic (exact) mass is 271 g/mol. The molecule has 1 N–H and O–H groups in total. The molecule has 0 radical (unpaired) electrons. The average molecular weight is 271 g/mol. The number of carbonyl (C=O) groups is 1. The molecule has 1 amide bonds. The summed E-state index contributed by atoms with van der Waals surface area (Å²) in [6.45, 7) is 0. The number of hydrogen-bond donors (Lipinski definition) is 1. The predicted molar refractivity (Wildman–Crippen MR) is 71.4 cm³/mol. The molecule has 7 heteroatoms. The van der Waals surface area contributed by atoms with Crippen molar-refractivity contribution in [1.82, 2.24) is 20.0 Å². The van der Waals surface area contributed by atoms with E-state index in [1.54, 1.807) is 16.4 Å². The van der Waals surface area contributed by atoms with Gasteiger partial charge in [0.25, 0.3) is 5.91 Å². The lowest BCUT2D eigenvalue weighted by molar-refractivity contribution is 0.102. The third kappa shape index (κ3) is 2.50. The first-order chi connectivity index (χ1) is 9.33. The second-order valence-electron chi connectivity index (χ2n) is 3.71. The van der Waals surface area contributed by atoms with Crippen LogP contribution in [0.2, 0.25) is 0 Å². The molecule has 0 atom stereocenters. The molecule has 6 nitrogen and oxygen atoms in total. The second-order valence-corrected chi connectivity index (χ2v) is 4.54. The van der Waals surface area contributed by atoms with Crippen LogP contribution in [0.15, 0.2) is 48.2 Å². The highest BCUT2D eigenvalue weighted by molar-refractivity contribution is 7.13. The van der Waals surface area contributed by atoms with Crippen molar-refractivity contribution < 1.29 is 4.79 Å². The minimum absolute atomic E-state index is 0.251. The topological polar surface area (TPSA) is 72.7 Å². The maximum Gasteiger partial charge on any atom is 0.260 e. The minimum Gasteiger partial charge on any atom is -0.296 e. The van der Waals surface area contributed by atoms with Crippen LogP contribution in [0.5, 0.6) is 0 Å². The van der Waals surface area contributed by atoms with Gasteiger partial charge in [0.2, 0.25) is 5.13 Å². The summed E-state index contributed by atoms with van der Waals surface area (Å²) in [5, 5.41) is 14.7. The van der Waals surface area contributed by atoms with E-state index in [9.17, 15) is 4.79 Å². The molecule has 0 aliphatic rings. The van der Waals surface area contributed by atoms with Gasteiger partial charge in [0, 0.05) is 6.20 Å². The number of hydrogen-bond acceptors (Lipinski definition) is 5. The average Bonchev–Trinajstić information content (AvgIpc) is 3.10. The molecule has 2 aromatic heterocycles. The molecule has 0 fully saturated rings. The Balaban J connectivity index is 1.80. The van der Waals surface area contributed by atoms with Crippen molar-refractivity contribution in [3.05, 3.63) is 53.8 Å². The fraction of sp³-hybridized carbons (Fsp3) is 0. The van der Waals surface area contributed by atoms with E-state index in [2.05, 4.69) is 20.6 Å². The molecule has 3 rings (SSSR count). The van der Waals surface area contributed by atoms with E-state index in [4.69, 9.17) is 0 Å². The van der Waals surface area contributed by atoms with Crippen molar-refractivity contribution in [2.24, 2.45) is 0 Å². The zero-order valence-electron chi connectivity index (χ0n) is 9.72. The fourth-order valence-electron chi connectivity index (χ4n) is 1.56. The summed E-state index contributed by atoms with van der Waals surface area (Å²) in [6.07, 6.45) is 3.19. The number of para-hydroxylation sites is 1. The first kappa shape index (κ1) is 11.5. The number of carbonyl (C=O) groups excluding carboxylic acids is 1. The first-order valence-electron chi connectivity index (χ1n) is 5.50. The zero-order chi connectivity index (χ0) is 13.1. The largest absolute Gasteiger partial charge is 0.296 e. The summed E-state index contributed by atoms with van der Waals surface area (Å²) >= 11 is 1.27. The lowest BCUT2D eigenvalue weighted by Gasteiger charge is -1.99. The zero-order valence-corrected chi connectivity index (χ0v) is 10.5. The van der Waals surface area contributed by atoms with Crippen LogP contribution in [0.25, 0.3) is 5.69 Å². The molecular weight excluding hydrogens is 262 g/mol. The molecule has 19 heavy (non-hydrogen) atoms. The van der Waals surface area contributed by atoms with Crippen molar-refractivity contribution in [3.8, 4) is 5.69 Å². The predicted octanol–water partition coefficient (Wildman–Crippen LogP) is 1.98. The fourth-order valence-corrected chi connectivity index (χ4v) is 2.00. The van der Waals surface area contributed by atoms with Gasteiger partial charge in [-0.3, -0.25) is 10.1 Å². The van der Waals surface area contributed by atoms with Crippen molar-refractivity contribution >= 4 is 22.4 Å². The number of nitrogens with zero attached hydrogens (tertiary/aromatic N) is 4. The maximum atomic E-state index is 11.9. The highest BCUT2D eigenvalue weighted by Crippen LogP contribution is 2.12. The summed E-state index contributed by atoms with van der Waals surface area (Å²) in [7, 11) is 0. The molecule has 0 saturated carbocycles. The molecule has 0 saturated heterocycles. The molecule has 1 aromatic carbocycles. The third-order valence-corrected chi connectivity index (χ3v) is 3.05. The third-order valence-electron chi connectivity index (χ3n) is 2.45. The molecule has 94 valence electrons. The molecule has 2 heterocycles. The normalized spacial score (nSPS) is 10.3. The molecular formula is C12H9N5OS. The van der Waals surface area contributed by atoms with E-state index in [0.29, 0.717) is 10.7 Å². The van der Waals surface area contributed by atoms with E-state index < -0.39 is 0 Å². The van der Waals surface area contributed by atoms with Gasteiger partial charge in [0.15, 0.2) is 0 Å². The van der Waals surface area contributed by atoms with Crippen molar-refractivity contribution in [2.45, 2.75) is 0 Å². The SMILES string of the molecule is O=C(Nc1nncs1)c1cnn(-c2ccccc2)c1. The highest BCUT2D eigenvalue weighted by atomic mass is 32.1. The summed E-state index contributed by atoms with van der Waals surface area (Å²) in [5.74, 6) is -0.251. The summed E-state index contributed by atoms with van der Waals surface area (Å²) < 4.78 is 1.65. The lowest BCUT2D eigenvalue weighted by Crippen LogP contribution is -2.10. The summed E-state index contributed by atoms with van der Waals surface area (Å²) in [5.41, 5.74) is 2.93. The highest BCUT2D eigenvalue weighted by Gasteiger charge is 2.10. The van der Waals surface area contributed by atoms with Gasteiger partial charge < -0.3 is 0 Å². The lowest BCUT2D eigenvalue weighted by atomic mass is 10.3. The molecule has 0 bridgehead atoms. The molecule has 0 aliphatic carbocycles.